The number of nitrogens with zero attached hydrogens (tertiary/aromatic N) is 3. The van der Waals surface area contributed by atoms with E-state index in [-0.39, 0.29) is 18.0 Å². The second-order valence-electron chi connectivity index (χ2n) is 6.54. The van der Waals surface area contributed by atoms with E-state index in [0.29, 0.717) is 12.2 Å². The van der Waals surface area contributed by atoms with Crippen LogP contribution in [0.2, 0.25) is 0 Å². The average molecular weight is 376 g/mol. The summed E-state index contributed by atoms with van der Waals surface area (Å²) in [6.45, 7) is 1.28. The van der Waals surface area contributed by atoms with Gasteiger partial charge in [-0.3, -0.25) is 9.59 Å². The zero-order valence-electron chi connectivity index (χ0n) is 15.9. The quantitative estimate of drug-likeness (QED) is 0.614. The Bertz CT molecular complexity index is 955. The second kappa shape index (κ2) is 9.50. The molecule has 3 aromatic rings. The third-order valence-electron chi connectivity index (χ3n) is 4.42. The zero-order chi connectivity index (χ0) is 19.8. The lowest BCUT2D eigenvalue weighted by Crippen LogP contribution is -2.34. The van der Waals surface area contributed by atoms with Gasteiger partial charge < -0.3 is 10.2 Å². The Balaban J connectivity index is 1.50. The number of rotatable bonds is 8. The fourth-order valence-electron chi connectivity index (χ4n) is 2.87. The Kier molecular flexibility index (Phi) is 6.57. The van der Waals surface area contributed by atoms with Crippen molar-refractivity contribution in [2.75, 3.05) is 25.0 Å². The lowest BCUT2D eigenvalue weighted by molar-refractivity contribution is -0.121. The number of carbonyl (C=O) groups is 1. The van der Waals surface area contributed by atoms with E-state index in [1.165, 1.54) is 10.7 Å². The molecule has 0 radical (unpaired) electrons. The molecule has 0 aliphatic heterocycles. The van der Waals surface area contributed by atoms with Crippen LogP contribution in [0.25, 0.3) is 11.3 Å². The molecule has 1 heterocycles. The lowest BCUT2D eigenvalue weighted by atomic mass is 10.1. The minimum absolute atomic E-state index is 0.0893. The highest BCUT2D eigenvalue weighted by Crippen LogP contribution is 2.14. The molecule has 0 saturated heterocycles. The monoisotopic (exact) mass is 376 g/mol. The minimum Gasteiger partial charge on any atom is -0.375 e. The molecule has 0 bridgehead atoms. The van der Waals surface area contributed by atoms with Gasteiger partial charge >= 0.3 is 0 Å². The van der Waals surface area contributed by atoms with Gasteiger partial charge in [-0.25, -0.2) is 4.68 Å². The lowest BCUT2D eigenvalue weighted by Gasteiger charge is -2.19. The average Bonchev–Trinajstić information content (AvgIpc) is 2.74. The van der Waals surface area contributed by atoms with E-state index in [4.69, 9.17) is 0 Å². The van der Waals surface area contributed by atoms with Crippen molar-refractivity contribution in [1.82, 2.24) is 15.1 Å². The predicted octanol–water partition coefficient (Wildman–Crippen LogP) is 2.55. The van der Waals surface area contributed by atoms with Crippen molar-refractivity contribution < 1.29 is 4.79 Å². The molecule has 0 aliphatic rings. The van der Waals surface area contributed by atoms with Crippen LogP contribution >= 0.6 is 0 Å². The molecule has 6 nitrogen and oxygen atoms in total. The molecule has 3 rings (SSSR count). The summed E-state index contributed by atoms with van der Waals surface area (Å²) in [4.78, 5) is 26.4. The standard InChI is InChI=1S/C22H24N4O2/c1-25(19-11-6-3-7-12-19)16-8-15-23-21(27)17-26-22(28)14-13-20(24-26)18-9-4-2-5-10-18/h2-7,9-14H,8,15-17H2,1H3,(H,23,27). The van der Waals surface area contributed by atoms with Crippen molar-refractivity contribution in [2.45, 2.75) is 13.0 Å². The summed E-state index contributed by atoms with van der Waals surface area (Å²) in [7, 11) is 2.02. The van der Waals surface area contributed by atoms with Gasteiger partial charge in [0.1, 0.15) is 6.54 Å². The van der Waals surface area contributed by atoms with Crippen molar-refractivity contribution in [1.29, 1.82) is 0 Å². The third kappa shape index (κ3) is 5.30. The van der Waals surface area contributed by atoms with Gasteiger partial charge in [0.15, 0.2) is 0 Å². The SMILES string of the molecule is CN(CCCNC(=O)Cn1nc(-c2ccccc2)ccc1=O)c1ccccc1. The van der Waals surface area contributed by atoms with Gasteiger partial charge in [0.05, 0.1) is 5.69 Å². The molecule has 1 N–H and O–H groups in total. The third-order valence-corrected chi connectivity index (χ3v) is 4.42. The van der Waals surface area contributed by atoms with Crippen LogP contribution in [0.3, 0.4) is 0 Å². The first-order chi connectivity index (χ1) is 13.6. The Morgan fingerprint density at radius 2 is 1.68 bits per heavy atom. The molecule has 0 saturated carbocycles. The maximum Gasteiger partial charge on any atom is 0.267 e. The first kappa shape index (κ1) is 19.4. The number of anilines is 1. The van der Waals surface area contributed by atoms with Crippen LogP contribution in [-0.4, -0.2) is 35.8 Å². The molecule has 28 heavy (non-hydrogen) atoms. The molecular formula is C22H24N4O2. The Hall–Kier alpha value is -3.41. The van der Waals surface area contributed by atoms with Gasteiger partial charge in [-0.2, -0.15) is 5.10 Å². The molecule has 2 aromatic carbocycles. The molecule has 0 atom stereocenters. The van der Waals surface area contributed by atoms with Gasteiger partial charge in [-0.15, -0.1) is 0 Å². The van der Waals surface area contributed by atoms with Gasteiger partial charge in [0.25, 0.3) is 5.56 Å². The second-order valence-corrected chi connectivity index (χ2v) is 6.54. The van der Waals surface area contributed by atoms with Crippen LogP contribution in [0.5, 0.6) is 0 Å². The van der Waals surface area contributed by atoms with Crippen LogP contribution in [0.15, 0.2) is 77.6 Å². The van der Waals surface area contributed by atoms with Crippen molar-refractivity contribution in [3.8, 4) is 11.3 Å². The summed E-state index contributed by atoms with van der Waals surface area (Å²) in [6, 6.07) is 22.8. The van der Waals surface area contributed by atoms with E-state index in [2.05, 4.69) is 27.4 Å². The summed E-state index contributed by atoms with van der Waals surface area (Å²) in [5.41, 5.74) is 2.42. The highest BCUT2D eigenvalue weighted by atomic mass is 16.2. The number of aromatic nitrogens is 2. The Labute approximate surface area is 164 Å². The summed E-state index contributed by atoms with van der Waals surface area (Å²) in [5, 5.41) is 7.17. The highest BCUT2D eigenvalue weighted by Gasteiger charge is 2.08. The van der Waals surface area contributed by atoms with E-state index in [9.17, 15) is 9.59 Å². The van der Waals surface area contributed by atoms with Crippen LogP contribution < -0.4 is 15.8 Å². The summed E-state index contributed by atoms with van der Waals surface area (Å²) < 4.78 is 1.20. The maximum absolute atomic E-state index is 12.2. The van der Waals surface area contributed by atoms with Crippen molar-refractivity contribution in [3.63, 3.8) is 0 Å². The number of benzene rings is 2. The van der Waals surface area contributed by atoms with Gasteiger partial charge in [0.2, 0.25) is 5.91 Å². The smallest absolute Gasteiger partial charge is 0.267 e. The van der Waals surface area contributed by atoms with Crippen molar-refractivity contribution in [3.05, 3.63) is 83.2 Å². The number of para-hydroxylation sites is 1. The number of hydrogen-bond donors (Lipinski definition) is 1. The summed E-state index contributed by atoms with van der Waals surface area (Å²) in [5.74, 6) is -0.220. The van der Waals surface area contributed by atoms with Gasteiger partial charge in [-0.1, -0.05) is 48.5 Å². The molecular weight excluding hydrogens is 352 g/mol. The number of hydrogen-bond acceptors (Lipinski definition) is 4. The van der Waals surface area contributed by atoms with E-state index < -0.39 is 0 Å². The predicted molar refractivity (Wildman–Crippen MR) is 111 cm³/mol. The van der Waals surface area contributed by atoms with Crippen LogP contribution in [-0.2, 0) is 11.3 Å². The van der Waals surface area contributed by atoms with Crippen molar-refractivity contribution >= 4 is 11.6 Å². The summed E-state index contributed by atoms with van der Waals surface area (Å²) >= 11 is 0. The molecule has 6 heteroatoms. The minimum atomic E-state index is -0.293. The van der Waals surface area contributed by atoms with E-state index in [0.717, 1.165) is 24.2 Å². The fourth-order valence-corrected chi connectivity index (χ4v) is 2.87. The largest absolute Gasteiger partial charge is 0.375 e. The number of amides is 1. The normalized spacial score (nSPS) is 10.5. The first-order valence-electron chi connectivity index (χ1n) is 9.30. The van der Waals surface area contributed by atoms with E-state index in [1.807, 2.05) is 55.6 Å². The topological polar surface area (TPSA) is 67.2 Å². The first-order valence-corrected chi connectivity index (χ1v) is 9.30. The molecule has 1 amide bonds. The molecule has 0 aliphatic carbocycles. The Morgan fingerprint density at radius 1 is 1.00 bits per heavy atom. The van der Waals surface area contributed by atoms with E-state index >= 15 is 0 Å². The molecule has 0 unspecified atom stereocenters. The molecule has 144 valence electrons. The maximum atomic E-state index is 12.2. The summed E-state index contributed by atoms with van der Waals surface area (Å²) in [6.07, 6.45) is 0.809. The van der Waals surface area contributed by atoms with Gasteiger partial charge in [-0.05, 0) is 24.6 Å². The fraction of sp³-hybridized carbons (Fsp3) is 0.227. The number of nitrogens with one attached hydrogen (secondary N) is 1. The Morgan fingerprint density at radius 3 is 2.39 bits per heavy atom. The van der Waals surface area contributed by atoms with E-state index in [1.54, 1.807) is 6.07 Å². The van der Waals surface area contributed by atoms with Gasteiger partial charge in [0, 0.05) is 37.5 Å². The number of carbonyl (C=O) groups excluding carboxylic acids is 1. The van der Waals surface area contributed by atoms with Crippen LogP contribution in [0, 0.1) is 0 Å². The molecule has 0 spiro atoms. The molecule has 0 fully saturated rings. The van der Waals surface area contributed by atoms with Crippen LogP contribution in [0.1, 0.15) is 6.42 Å². The molecule has 1 aromatic heterocycles. The zero-order valence-corrected chi connectivity index (χ0v) is 15.9. The van der Waals surface area contributed by atoms with Crippen LogP contribution in [0.4, 0.5) is 5.69 Å². The highest BCUT2D eigenvalue weighted by molar-refractivity contribution is 5.75. The van der Waals surface area contributed by atoms with Crippen molar-refractivity contribution in [2.24, 2.45) is 0 Å².